The van der Waals surface area contributed by atoms with E-state index in [-0.39, 0.29) is 18.0 Å². The van der Waals surface area contributed by atoms with Gasteiger partial charge in [0.25, 0.3) is 0 Å². The van der Waals surface area contributed by atoms with Crippen LogP contribution in [0.15, 0.2) is 24.3 Å². The Morgan fingerprint density at radius 2 is 1.90 bits per heavy atom. The molecule has 0 saturated heterocycles. The summed E-state index contributed by atoms with van der Waals surface area (Å²) in [5.74, 6) is 0.818. The summed E-state index contributed by atoms with van der Waals surface area (Å²) in [6.07, 6.45) is 0.905. The lowest BCUT2D eigenvalue weighted by atomic mass is 10.0. The Kier molecular flexibility index (Phi) is 7.79. The molecular weight excluding hydrogens is 268 g/mol. The molecule has 5 nitrogen and oxygen atoms in total. The average molecular weight is 294 g/mol. The van der Waals surface area contributed by atoms with Crippen molar-refractivity contribution in [3.63, 3.8) is 0 Å². The molecule has 1 aromatic carbocycles. The lowest BCUT2D eigenvalue weighted by Crippen LogP contribution is -2.44. The van der Waals surface area contributed by atoms with Gasteiger partial charge in [-0.3, -0.25) is 10.1 Å². The van der Waals surface area contributed by atoms with Gasteiger partial charge in [0.05, 0.1) is 19.8 Å². The van der Waals surface area contributed by atoms with Gasteiger partial charge in [-0.05, 0) is 31.0 Å². The topological polar surface area (TPSA) is 59.6 Å². The second-order valence-electron chi connectivity index (χ2n) is 4.91. The van der Waals surface area contributed by atoms with Crippen LogP contribution in [0.1, 0.15) is 31.9 Å². The second kappa shape index (κ2) is 9.37. The van der Waals surface area contributed by atoms with Crippen molar-refractivity contribution in [3.8, 4) is 5.75 Å². The highest BCUT2D eigenvalue weighted by Gasteiger charge is 2.17. The van der Waals surface area contributed by atoms with Crippen molar-refractivity contribution >= 4 is 5.91 Å². The van der Waals surface area contributed by atoms with Gasteiger partial charge in [0.2, 0.25) is 5.91 Å². The van der Waals surface area contributed by atoms with Gasteiger partial charge in [-0.1, -0.05) is 19.1 Å². The van der Waals surface area contributed by atoms with Crippen LogP contribution in [-0.2, 0) is 9.53 Å². The zero-order chi connectivity index (χ0) is 15.7. The largest absolute Gasteiger partial charge is 0.497 e. The Morgan fingerprint density at radius 1 is 1.24 bits per heavy atom. The number of methoxy groups -OCH3 is 2. The minimum absolute atomic E-state index is 0.0148. The number of rotatable bonds is 9. The molecule has 118 valence electrons. The third-order valence-electron chi connectivity index (χ3n) is 3.38. The molecular formula is C16H26N2O3. The number of benzene rings is 1. The minimum Gasteiger partial charge on any atom is -0.497 e. The first-order valence-electron chi connectivity index (χ1n) is 7.29. The molecule has 0 bridgehead atoms. The van der Waals surface area contributed by atoms with Gasteiger partial charge in [-0.15, -0.1) is 0 Å². The molecule has 0 heterocycles. The average Bonchev–Trinajstić information content (AvgIpc) is 2.52. The van der Waals surface area contributed by atoms with Crippen LogP contribution >= 0.6 is 0 Å². The molecule has 0 aliphatic carbocycles. The Labute approximate surface area is 127 Å². The normalized spacial score (nSPS) is 13.5. The summed E-state index contributed by atoms with van der Waals surface area (Å²) >= 11 is 0. The fourth-order valence-electron chi connectivity index (χ4n) is 2.09. The number of ether oxygens (including phenoxy) is 2. The van der Waals surface area contributed by atoms with E-state index < -0.39 is 0 Å². The van der Waals surface area contributed by atoms with Gasteiger partial charge in [0.1, 0.15) is 5.75 Å². The Morgan fingerprint density at radius 3 is 2.43 bits per heavy atom. The van der Waals surface area contributed by atoms with E-state index in [1.807, 2.05) is 31.2 Å². The van der Waals surface area contributed by atoms with Crippen LogP contribution in [0, 0.1) is 0 Å². The monoisotopic (exact) mass is 294 g/mol. The summed E-state index contributed by atoms with van der Waals surface area (Å²) in [5, 5.41) is 6.19. The molecule has 1 rings (SSSR count). The summed E-state index contributed by atoms with van der Waals surface area (Å²) in [6.45, 7) is 5.01. The molecule has 0 radical (unpaired) electrons. The third-order valence-corrected chi connectivity index (χ3v) is 3.38. The van der Waals surface area contributed by atoms with Crippen molar-refractivity contribution in [2.24, 2.45) is 0 Å². The number of hydrogen-bond donors (Lipinski definition) is 2. The number of carbonyl (C=O) groups excluding carboxylic acids is 1. The van der Waals surface area contributed by atoms with E-state index in [1.54, 1.807) is 14.2 Å². The highest BCUT2D eigenvalue weighted by atomic mass is 16.5. The second-order valence-corrected chi connectivity index (χ2v) is 4.91. The van der Waals surface area contributed by atoms with Gasteiger partial charge in [-0.2, -0.15) is 0 Å². The molecule has 2 N–H and O–H groups in total. The smallest absolute Gasteiger partial charge is 0.236 e. The van der Waals surface area contributed by atoms with Crippen molar-refractivity contribution in [2.45, 2.75) is 32.4 Å². The van der Waals surface area contributed by atoms with Crippen LogP contribution in [0.3, 0.4) is 0 Å². The molecule has 0 aromatic heterocycles. The van der Waals surface area contributed by atoms with Crippen molar-refractivity contribution in [3.05, 3.63) is 29.8 Å². The van der Waals surface area contributed by atoms with E-state index in [0.29, 0.717) is 13.2 Å². The highest BCUT2D eigenvalue weighted by Crippen LogP contribution is 2.20. The zero-order valence-electron chi connectivity index (χ0n) is 13.3. The standard InChI is InChI=1S/C16H26N2O3/c1-5-15(13-6-8-14(21-4)9-7-13)18-12(2)16(19)17-10-11-20-3/h6-9,12,15,18H,5,10-11H2,1-4H3,(H,17,19). The van der Waals surface area contributed by atoms with Crippen molar-refractivity contribution in [1.82, 2.24) is 10.6 Å². The van der Waals surface area contributed by atoms with Gasteiger partial charge >= 0.3 is 0 Å². The summed E-state index contributed by atoms with van der Waals surface area (Å²) < 4.78 is 10.1. The van der Waals surface area contributed by atoms with E-state index in [9.17, 15) is 4.79 Å². The lowest BCUT2D eigenvalue weighted by molar-refractivity contribution is -0.123. The first-order chi connectivity index (χ1) is 10.1. The van der Waals surface area contributed by atoms with E-state index in [0.717, 1.165) is 17.7 Å². The number of nitrogens with one attached hydrogen (secondary N) is 2. The molecule has 21 heavy (non-hydrogen) atoms. The SMILES string of the molecule is CCC(NC(C)C(=O)NCCOC)c1ccc(OC)cc1. The van der Waals surface area contributed by atoms with Crippen LogP contribution in [0.2, 0.25) is 0 Å². The first-order valence-corrected chi connectivity index (χ1v) is 7.29. The van der Waals surface area contributed by atoms with Crippen LogP contribution in [0.25, 0.3) is 0 Å². The number of hydrogen-bond acceptors (Lipinski definition) is 4. The van der Waals surface area contributed by atoms with E-state index in [4.69, 9.17) is 9.47 Å². The maximum Gasteiger partial charge on any atom is 0.236 e. The fourth-order valence-corrected chi connectivity index (χ4v) is 2.09. The molecule has 1 amide bonds. The van der Waals surface area contributed by atoms with Crippen LogP contribution in [0.5, 0.6) is 5.75 Å². The quantitative estimate of drug-likeness (QED) is 0.683. The summed E-state index contributed by atoms with van der Waals surface area (Å²) in [5.41, 5.74) is 1.15. The summed E-state index contributed by atoms with van der Waals surface area (Å²) in [6, 6.07) is 7.80. The van der Waals surface area contributed by atoms with Crippen LogP contribution < -0.4 is 15.4 Å². The van der Waals surface area contributed by atoms with Crippen molar-refractivity contribution in [2.75, 3.05) is 27.4 Å². The molecule has 0 spiro atoms. The summed E-state index contributed by atoms with van der Waals surface area (Å²) in [7, 11) is 3.27. The molecule has 1 aromatic rings. The molecule has 5 heteroatoms. The predicted octanol–water partition coefficient (Wildman–Crippen LogP) is 1.89. The van der Waals surface area contributed by atoms with Crippen molar-refractivity contribution < 1.29 is 14.3 Å². The predicted molar refractivity (Wildman–Crippen MR) is 83.5 cm³/mol. The number of carbonyl (C=O) groups is 1. The van der Waals surface area contributed by atoms with E-state index in [2.05, 4.69) is 17.6 Å². The highest BCUT2D eigenvalue weighted by molar-refractivity contribution is 5.81. The van der Waals surface area contributed by atoms with E-state index in [1.165, 1.54) is 0 Å². The third kappa shape index (κ3) is 5.73. The van der Waals surface area contributed by atoms with Crippen LogP contribution in [0.4, 0.5) is 0 Å². The Hall–Kier alpha value is -1.59. The Balaban J connectivity index is 2.57. The van der Waals surface area contributed by atoms with Gasteiger partial charge in [0, 0.05) is 19.7 Å². The van der Waals surface area contributed by atoms with E-state index >= 15 is 0 Å². The van der Waals surface area contributed by atoms with Gasteiger partial charge in [-0.25, -0.2) is 0 Å². The maximum atomic E-state index is 12.0. The molecule has 2 atom stereocenters. The fraction of sp³-hybridized carbons (Fsp3) is 0.562. The maximum absolute atomic E-state index is 12.0. The first kappa shape index (κ1) is 17.5. The summed E-state index contributed by atoms with van der Waals surface area (Å²) in [4.78, 5) is 12.0. The van der Waals surface area contributed by atoms with Crippen molar-refractivity contribution in [1.29, 1.82) is 0 Å². The Bertz CT molecular complexity index is 420. The zero-order valence-corrected chi connectivity index (χ0v) is 13.3. The van der Waals surface area contributed by atoms with Crippen LogP contribution in [-0.4, -0.2) is 39.3 Å². The number of amides is 1. The molecule has 2 unspecified atom stereocenters. The molecule has 0 fully saturated rings. The molecule has 0 aliphatic rings. The van der Waals surface area contributed by atoms with Gasteiger partial charge in [0.15, 0.2) is 0 Å². The minimum atomic E-state index is -0.256. The molecule has 0 aliphatic heterocycles. The lowest BCUT2D eigenvalue weighted by Gasteiger charge is -2.22. The molecule has 0 saturated carbocycles. The van der Waals surface area contributed by atoms with Gasteiger partial charge < -0.3 is 14.8 Å².